The first-order valence-electron chi connectivity index (χ1n) is 13.6. The average Bonchev–Trinajstić information content (AvgIpc) is 3.18. The predicted molar refractivity (Wildman–Crippen MR) is 136 cm³/mol. The first kappa shape index (κ1) is 28.2. The van der Waals surface area contributed by atoms with Gasteiger partial charge in [-0.2, -0.15) is 18.4 Å². The molecule has 1 aliphatic carbocycles. The zero-order valence-electron chi connectivity index (χ0n) is 22.9. The second kappa shape index (κ2) is 9.94. The number of piperidine rings is 1. The summed E-state index contributed by atoms with van der Waals surface area (Å²) in [6.07, 6.45) is -3.32. The van der Waals surface area contributed by atoms with E-state index in [1.807, 2.05) is 4.90 Å². The minimum Gasteiger partial charge on any atom is -0.444 e. The molecule has 3 heterocycles. The van der Waals surface area contributed by atoms with Gasteiger partial charge in [-0.15, -0.1) is 0 Å². The van der Waals surface area contributed by atoms with Crippen molar-refractivity contribution in [2.75, 3.05) is 13.1 Å². The SMILES string of the molecule is C[C@@H](c1cccc(C(F)(F)F)c1)N1C(=O)[C@H]2CC1CN2C[C@H](NC(=O)OC(C)(C)C)C(=O)N1[C@H](C#N)C[C@@H]2C[C@@H]21. The molecule has 0 radical (unpaired) electrons. The van der Waals surface area contributed by atoms with E-state index in [2.05, 4.69) is 11.4 Å². The fourth-order valence-electron chi connectivity index (χ4n) is 6.47. The van der Waals surface area contributed by atoms with E-state index in [1.54, 1.807) is 43.6 Å². The van der Waals surface area contributed by atoms with Crippen molar-refractivity contribution in [1.82, 2.24) is 20.0 Å². The van der Waals surface area contributed by atoms with Gasteiger partial charge < -0.3 is 19.9 Å². The Morgan fingerprint density at radius 3 is 2.55 bits per heavy atom. The van der Waals surface area contributed by atoms with Gasteiger partial charge in [0.05, 0.1) is 23.7 Å². The van der Waals surface area contributed by atoms with Crippen molar-refractivity contribution in [2.24, 2.45) is 5.92 Å². The number of nitriles is 1. The Bertz CT molecular complexity index is 1240. The summed E-state index contributed by atoms with van der Waals surface area (Å²) in [6.45, 7) is 7.32. The molecule has 0 aromatic heterocycles. The van der Waals surface area contributed by atoms with Crippen LogP contribution in [0.5, 0.6) is 0 Å². The number of likely N-dealkylation sites (tertiary alicyclic amines) is 3. The molecule has 12 heteroatoms. The third-order valence-corrected chi connectivity index (χ3v) is 8.34. The number of carbonyl (C=O) groups is 3. The van der Waals surface area contributed by atoms with Gasteiger partial charge in [-0.05, 0) is 70.6 Å². The van der Waals surface area contributed by atoms with Gasteiger partial charge in [-0.1, -0.05) is 12.1 Å². The Morgan fingerprint density at radius 1 is 1.20 bits per heavy atom. The lowest BCUT2D eigenvalue weighted by atomic mass is 10.0. The minimum absolute atomic E-state index is 0.0134. The molecule has 3 aliphatic heterocycles. The molecule has 0 spiro atoms. The van der Waals surface area contributed by atoms with E-state index in [0.717, 1.165) is 18.6 Å². The summed E-state index contributed by atoms with van der Waals surface area (Å²) in [5, 5.41) is 12.3. The van der Waals surface area contributed by atoms with Crippen molar-refractivity contribution in [3.63, 3.8) is 0 Å². The summed E-state index contributed by atoms with van der Waals surface area (Å²) in [6, 6.07) is 4.25. The van der Waals surface area contributed by atoms with Crippen LogP contribution in [0.2, 0.25) is 0 Å². The molecule has 3 amide bonds. The molecule has 5 rings (SSSR count). The van der Waals surface area contributed by atoms with E-state index < -0.39 is 47.6 Å². The summed E-state index contributed by atoms with van der Waals surface area (Å²) in [7, 11) is 0. The molecule has 7 atom stereocenters. The van der Waals surface area contributed by atoms with Gasteiger partial charge in [0.15, 0.2) is 0 Å². The van der Waals surface area contributed by atoms with Crippen molar-refractivity contribution in [2.45, 2.75) is 95.0 Å². The number of ether oxygens (including phenoxy) is 1. The molecule has 40 heavy (non-hydrogen) atoms. The molecule has 216 valence electrons. The molecular weight excluding hydrogens is 527 g/mol. The lowest BCUT2D eigenvalue weighted by molar-refractivity contribution is -0.141. The number of hydrogen-bond donors (Lipinski definition) is 1. The molecule has 1 aromatic rings. The second-order valence-corrected chi connectivity index (χ2v) is 12.3. The second-order valence-electron chi connectivity index (χ2n) is 12.3. The summed E-state index contributed by atoms with van der Waals surface area (Å²) in [5.41, 5.74) is -1.15. The first-order valence-corrected chi connectivity index (χ1v) is 13.6. The van der Waals surface area contributed by atoms with Gasteiger partial charge in [0.25, 0.3) is 0 Å². The Morgan fingerprint density at radius 2 is 1.93 bits per heavy atom. The lowest BCUT2D eigenvalue weighted by Crippen LogP contribution is -2.59. The minimum atomic E-state index is -4.48. The van der Waals surface area contributed by atoms with E-state index in [-0.39, 0.29) is 30.4 Å². The molecular formula is C28H34F3N5O4. The van der Waals surface area contributed by atoms with Crippen LogP contribution in [0.4, 0.5) is 18.0 Å². The molecule has 1 N–H and O–H groups in total. The fourth-order valence-corrected chi connectivity index (χ4v) is 6.47. The van der Waals surface area contributed by atoms with Crippen LogP contribution in [-0.4, -0.2) is 81.5 Å². The van der Waals surface area contributed by atoms with Crippen LogP contribution in [0, 0.1) is 17.2 Å². The van der Waals surface area contributed by atoms with E-state index in [9.17, 15) is 32.8 Å². The van der Waals surface area contributed by atoms with Crippen molar-refractivity contribution >= 4 is 17.9 Å². The zero-order chi connectivity index (χ0) is 29.1. The number of benzene rings is 1. The maximum absolute atomic E-state index is 13.7. The molecule has 1 aromatic carbocycles. The zero-order valence-corrected chi connectivity index (χ0v) is 22.9. The number of rotatable bonds is 6. The van der Waals surface area contributed by atoms with Crippen LogP contribution in [0.25, 0.3) is 0 Å². The molecule has 4 aliphatic rings. The number of hydrogen-bond acceptors (Lipinski definition) is 6. The Kier molecular flexibility index (Phi) is 7.01. The maximum atomic E-state index is 13.7. The fraction of sp³-hybridized carbons (Fsp3) is 0.643. The van der Waals surface area contributed by atoms with Gasteiger partial charge in [-0.3, -0.25) is 14.5 Å². The van der Waals surface area contributed by atoms with E-state index in [1.165, 1.54) is 6.07 Å². The highest BCUT2D eigenvalue weighted by Crippen LogP contribution is 2.48. The molecule has 4 fully saturated rings. The normalized spacial score (nSPS) is 29.1. The highest BCUT2D eigenvalue weighted by molar-refractivity contribution is 5.89. The van der Waals surface area contributed by atoms with Crippen LogP contribution >= 0.6 is 0 Å². The standard InChI is InChI=1S/C28H34F3N5O4/c1-15(16-6-5-7-18(8-16)28(29,30)31)35-20-11-23(25(35)38)34(13-20)14-21(33-26(39)40-27(2,3)4)24(37)36-19(12-32)9-17-10-22(17)36/h5-8,15,17,19-23H,9-11,13-14H2,1-4H3,(H,33,39)/t15-,17+,19-,20?,21-,22-,23+/m0/s1. The number of carbonyl (C=O) groups excluding carboxylic acids is 3. The van der Waals surface area contributed by atoms with Crippen molar-refractivity contribution in [3.05, 3.63) is 35.4 Å². The van der Waals surface area contributed by atoms with Gasteiger partial charge in [0.2, 0.25) is 11.8 Å². The first-order chi connectivity index (χ1) is 18.7. The Labute approximate surface area is 231 Å². The van der Waals surface area contributed by atoms with Crippen LogP contribution in [0.1, 0.15) is 64.1 Å². The van der Waals surface area contributed by atoms with Crippen molar-refractivity contribution in [3.8, 4) is 6.07 Å². The van der Waals surface area contributed by atoms with E-state index in [4.69, 9.17) is 4.74 Å². The van der Waals surface area contributed by atoms with Gasteiger partial charge >= 0.3 is 12.3 Å². The van der Waals surface area contributed by atoms with Crippen LogP contribution in [0.3, 0.4) is 0 Å². The number of alkyl halides is 3. The van der Waals surface area contributed by atoms with Gasteiger partial charge in [0, 0.05) is 25.2 Å². The number of nitrogens with one attached hydrogen (secondary N) is 1. The number of amides is 3. The average molecular weight is 562 g/mol. The highest BCUT2D eigenvalue weighted by atomic mass is 19.4. The summed E-state index contributed by atoms with van der Waals surface area (Å²) in [5.74, 6) is -0.291. The van der Waals surface area contributed by atoms with E-state index in [0.29, 0.717) is 30.9 Å². The number of piperazine rings is 1. The lowest BCUT2D eigenvalue weighted by Gasteiger charge is -2.39. The van der Waals surface area contributed by atoms with Crippen LogP contribution in [-0.2, 0) is 20.5 Å². The third kappa shape index (κ3) is 5.36. The number of alkyl carbamates (subject to hydrolysis) is 1. The summed E-state index contributed by atoms with van der Waals surface area (Å²) >= 11 is 0. The van der Waals surface area contributed by atoms with Crippen molar-refractivity contribution in [1.29, 1.82) is 5.26 Å². The maximum Gasteiger partial charge on any atom is 0.416 e. The Hall–Kier alpha value is -3.33. The quantitative estimate of drug-likeness (QED) is 0.571. The predicted octanol–water partition coefficient (Wildman–Crippen LogP) is 3.46. The largest absolute Gasteiger partial charge is 0.444 e. The van der Waals surface area contributed by atoms with Gasteiger partial charge in [-0.25, -0.2) is 4.79 Å². The molecule has 3 saturated heterocycles. The molecule has 2 bridgehead atoms. The molecule has 9 nitrogen and oxygen atoms in total. The van der Waals surface area contributed by atoms with E-state index >= 15 is 0 Å². The smallest absolute Gasteiger partial charge is 0.416 e. The van der Waals surface area contributed by atoms with Gasteiger partial charge in [0.1, 0.15) is 17.7 Å². The Balaban J connectivity index is 1.31. The van der Waals surface area contributed by atoms with Crippen molar-refractivity contribution < 1.29 is 32.3 Å². The van der Waals surface area contributed by atoms with Crippen LogP contribution < -0.4 is 5.32 Å². The highest BCUT2D eigenvalue weighted by Gasteiger charge is 2.56. The number of nitrogens with zero attached hydrogens (tertiary/aromatic N) is 4. The molecule has 1 unspecified atom stereocenters. The number of halogens is 3. The summed E-state index contributed by atoms with van der Waals surface area (Å²) < 4.78 is 45.2. The molecule has 1 saturated carbocycles. The monoisotopic (exact) mass is 561 g/mol. The topological polar surface area (TPSA) is 106 Å². The summed E-state index contributed by atoms with van der Waals surface area (Å²) in [4.78, 5) is 44.9. The number of fused-ring (bicyclic) bond motifs is 3. The van der Waals surface area contributed by atoms with Crippen LogP contribution in [0.15, 0.2) is 24.3 Å². The third-order valence-electron chi connectivity index (χ3n) is 8.34.